The van der Waals surface area contributed by atoms with Gasteiger partial charge < -0.3 is 4.74 Å². The molecule has 2 aromatic carbocycles. The summed E-state index contributed by atoms with van der Waals surface area (Å²) in [5, 5.41) is 1.54. The van der Waals surface area contributed by atoms with Gasteiger partial charge in [-0.25, -0.2) is 4.98 Å². The number of nitrogens with one attached hydrogen (secondary N) is 2. The van der Waals surface area contributed by atoms with E-state index in [4.69, 9.17) is 4.74 Å². The minimum absolute atomic E-state index is 0.232. The first kappa shape index (κ1) is 16.3. The molecule has 0 saturated carbocycles. The number of aromatic nitrogens is 2. The number of methoxy groups -OCH3 is 1. The second-order valence-corrected chi connectivity index (χ2v) is 6.82. The molecule has 0 saturated heterocycles. The van der Waals surface area contributed by atoms with Crippen molar-refractivity contribution in [3.63, 3.8) is 0 Å². The first-order valence-electron chi connectivity index (χ1n) is 8.01. The van der Waals surface area contributed by atoms with Crippen LogP contribution in [0.4, 0.5) is 5.13 Å². The number of benzene rings is 2. The average Bonchev–Trinajstić information content (AvgIpc) is 3.07. The molecule has 1 amide bonds. The molecule has 26 heavy (non-hydrogen) atoms. The number of hydrogen-bond donors (Lipinski definition) is 2. The Bertz CT molecular complexity index is 1120. The van der Waals surface area contributed by atoms with E-state index in [1.807, 2.05) is 49.4 Å². The second-order valence-electron chi connectivity index (χ2n) is 5.79. The molecule has 0 radical (unpaired) electrons. The Labute approximate surface area is 153 Å². The molecule has 2 heterocycles. The number of hydrazine groups is 1. The fourth-order valence-corrected chi connectivity index (χ4v) is 3.48. The molecule has 0 atom stereocenters. The van der Waals surface area contributed by atoms with Gasteiger partial charge in [-0.15, -0.1) is 0 Å². The number of pyridine rings is 1. The molecule has 4 rings (SSSR count). The van der Waals surface area contributed by atoms with Crippen LogP contribution in [-0.2, 0) is 0 Å². The number of carbonyl (C=O) groups excluding carboxylic acids is 1. The quantitative estimate of drug-likeness (QED) is 0.537. The first-order chi connectivity index (χ1) is 12.6. The van der Waals surface area contributed by atoms with Crippen molar-refractivity contribution in [1.82, 2.24) is 15.4 Å². The highest BCUT2D eigenvalue weighted by atomic mass is 32.1. The number of anilines is 1. The molecule has 0 unspecified atom stereocenters. The Balaban J connectivity index is 1.50. The molecule has 130 valence electrons. The number of amides is 1. The number of carbonyl (C=O) groups is 1. The summed E-state index contributed by atoms with van der Waals surface area (Å²) in [7, 11) is 1.63. The summed E-state index contributed by atoms with van der Waals surface area (Å²) in [5.74, 6) is 0.543. The van der Waals surface area contributed by atoms with Crippen LogP contribution in [0.2, 0.25) is 0 Å². The van der Waals surface area contributed by atoms with Crippen LogP contribution in [0.1, 0.15) is 16.1 Å². The summed E-state index contributed by atoms with van der Waals surface area (Å²) < 4.78 is 6.19. The maximum absolute atomic E-state index is 12.4. The highest BCUT2D eigenvalue weighted by Crippen LogP contribution is 2.28. The van der Waals surface area contributed by atoms with Crippen molar-refractivity contribution in [2.24, 2.45) is 0 Å². The summed E-state index contributed by atoms with van der Waals surface area (Å²) >= 11 is 1.44. The van der Waals surface area contributed by atoms with E-state index >= 15 is 0 Å². The van der Waals surface area contributed by atoms with Gasteiger partial charge >= 0.3 is 0 Å². The second kappa shape index (κ2) is 6.61. The number of rotatable bonds is 4. The predicted molar refractivity (Wildman–Crippen MR) is 104 cm³/mol. The fourth-order valence-electron chi connectivity index (χ4n) is 2.64. The SMILES string of the molecule is COc1ccc2nc(NNC(=O)c3ccc4nc(C)ccc4c3)sc2c1. The Morgan fingerprint density at radius 1 is 1.04 bits per heavy atom. The van der Waals surface area contributed by atoms with Crippen molar-refractivity contribution in [1.29, 1.82) is 0 Å². The van der Waals surface area contributed by atoms with Crippen LogP contribution in [0.3, 0.4) is 0 Å². The van der Waals surface area contributed by atoms with Crippen molar-refractivity contribution >= 4 is 43.5 Å². The lowest BCUT2D eigenvalue weighted by atomic mass is 10.1. The Morgan fingerprint density at radius 3 is 2.73 bits per heavy atom. The Kier molecular flexibility index (Phi) is 4.14. The minimum atomic E-state index is -0.232. The Morgan fingerprint density at radius 2 is 1.88 bits per heavy atom. The summed E-state index contributed by atoms with van der Waals surface area (Å²) in [6.45, 7) is 1.94. The zero-order valence-electron chi connectivity index (χ0n) is 14.2. The van der Waals surface area contributed by atoms with E-state index in [0.29, 0.717) is 10.7 Å². The molecule has 2 N–H and O–H groups in total. The smallest absolute Gasteiger partial charge is 0.269 e. The molecular formula is C19H16N4O2S. The maximum Gasteiger partial charge on any atom is 0.269 e. The molecular weight excluding hydrogens is 348 g/mol. The van der Waals surface area contributed by atoms with Crippen molar-refractivity contribution < 1.29 is 9.53 Å². The standard InChI is InChI=1S/C19H16N4O2S/c1-11-3-4-12-9-13(5-7-15(12)20-11)18(24)22-23-19-21-16-8-6-14(25-2)10-17(16)26-19/h3-10H,1-2H3,(H,21,23)(H,22,24). The average molecular weight is 364 g/mol. The van der Waals surface area contributed by atoms with Gasteiger partial charge in [0.1, 0.15) is 5.75 Å². The van der Waals surface area contributed by atoms with Gasteiger partial charge in [-0.1, -0.05) is 17.4 Å². The first-order valence-corrected chi connectivity index (χ1v) is 8.82. The lowest BCUT2D eigenvalue weighted by Gasteiger charge is -2.06. The van der Waals surface area contributed by atoms with Crippen LogP contribution in [0, 0.1) is 6.92 Å². The van der Waals surface area contributed by atoms with E-state index < -0.39 is 0 Å². The van der Waals surface area contributed by atoms with Gasteiger partial charge in [-0.05, 0) is 49.4 Å². The van der Waals surface area contributed by atoms with Crippen molar-refractivity contribution in [2.45, 2.75) is 6.92 Å². The van der Waals surface area contributed by atoms with Crippen molar-refractivity contribution in [3.05, 3.63) is 59.8 Å². The van der Waals surface area contributed by atoms with Crippen LogP contribution < -0.4 is 15.6 Å². The fraction of sp³-hybridized carbons (Fsp3) is 0.105. The molecule has 2 aromatic heterocycles. The molecule has 0 bridgehead atoms. The van der Waals surface area contributed by atoms with E-state index in [0.717, 1.165) is 32.6 Å². The van der Waals surface area contributed by atoms with Gasteiger partial charge in [-0.3, -0.25) is 20.6 Å². The number of thiazole rings is 1. The monoisotopic (exact) mass is 364 g/mol. The number of nitrogens with zero attached hydrogens (tertiary/aromatic N) is 2. The van der Waals surface area contributed by atoms with Crippen molar-refractivity contribution in [2.75, 3.05) is 12.5 Å². The van der Waals surface area contributed by atoms with Gasteiger partial charge in [0.2, 0.25) is 5.13 Å². The molecule has 0 fully saturated rings. The van der Waals surface area contributed by atoms with E-state index in [2.05, 4.69) is 20.8 Å². The van der Waals surface area contributed by atoms with E-state index in [1.165, 1.54) is 11.3 Å². The molecule has 0 spiro atoms. The summed E-state index contributed by atoms with van der Waals surface area (Å²) in [5.41, 5.74) is 8.79. The highest BCUT2D eigenvalue weighted by molar-refractivity contribution is 7.22. The number of fused-ring (bicyclic) bond motifs is 2. The Hall–Kier alpha value is -3.19. The van der Waals surface area contributed by atoms with Gasteiger partial charge in [0.05, 0.1) is 22.8 Å². The molecule has 6 nitrogen and oxygen atoms in total. The van der Waals surface area contributed by atoms with Crippen LogP contribution in [0.15, 0.2) is 48.5 Å². The summed E-state index contributed by atoms with van der Waals surface area (Å²) in [6, 6.07) is 15.0. The molecule has 0 aliphatic heterocycles. The van der Waals surface area contributed by atoms with Gasteiger partial charge in [0, 0.05) is 16.6 Å². The van der Waals surface area contributed by atoms with Crippen LogP contribution >= 0.6 is 11.3 Å². The van der Waals surface area contributed by atoms with E-state index in [1.54, 1.807) is 13.2 Å². The number of hydrogen-bond acceptors (Lipinski definition) is 6. The molecule has 0 aliphatic rings. The maximum atomic E-state index is 12.4. The molecule has 4 aromatic rings. The normalized spacial score (nSPS) is 10.8. The number of aryl methyl sites for hydroxylation is 1. The third kappa shape index (κ3) is 3.16. The lowest BCUT2D eigenvalue weighted by molar-refractivity contribution is 0.0963. The zero-order valence-corrected chi connectivity index (χ0v) is 15.1. The van der Waals surface area contributed by atoms with Crippen molar-refractivity contribution in [3.8, 4) is 5.75 Å². The van der Waals surface area contributed by atoms with Gasteiger partial charge in [0.25, 0.3) is 5.91 Å². The third-order valence-corrected chi connectivity index (χ3v) is 4.90. The van der Waals surface area contributed by atoms with Gasteiger partial charge in [-0.2, -0.15) is 0 Å². The zero-order chi connectivity index (χ0) is 18.1. The van der Waals surface area contributed by atoms with Gasteiger partial charge in [0.15, 0.2) is 0 Å². The molecule has 0 aliphatic carbocycles. The largest absolute Gasteiger partial charge is 0.497 e. The van der Waals surface area contributed by atoms with Crippen LogP contribution in [0.5, 0.6) is 5.75 Å². The third-order valence-electron chi connectivity index (χ3n) is 3.97. The number of ether oxygens (including phenoxy) is 1. The van der Waals surface area contributed by atoms with E-state index in [9.17, 15) is 4.79 Å². The topological polar surface area (TPSA) is 76.1 Å². The van der Waals surface area contributed by atoms with Crippen LogP contribution in [-0.4, -0.2) is 23.0 Å². The minimum Gasteiger partial charge on any atom is -0.497 e. The summed E-state index contributed by atoms with van der Waals surface area (Å²) in [4.78, 5) is 21.3. The predicted octanol–water partition coefficient (Wildman–Crippen LogP) is 3.92. The molecule has 7 heteroatoms. The summed E-state index contributed by atoms with van der Waals surface area (Å²) in [6.07, 6.45) is 0. The van der Waals surface area contributed by atoms with E-state index in [-0.39, 0.29) is 5.91 Å². The lowest BCUT2D eigenvalue weighted by Crippen LogP contribution is -2.29. The van der Waals surface area contributed by atoms with Crippen LogP contribution in [0.25, 0.3) is 21.1 Å². The highest BCUT2D eigenvalue weighted by Gasteiger charge is 2.09.